The first kappa shape index (κ1) is 27.0. The molecular weight excluding hydrogens is 449 g/mol. The van der Waals surface area contributed by atoms with Crippen LogP contribution in [-0.2, 0) is 51.9 Å². The van der Waals surface area contributed by atoms with Crippen molar-refractivity contribution in [2.45, 2.75) is 0 Å². The summed E-state index contributed by atoms with van der Waals surface area (Å²) in [5.41, 5.74) is 0. The minimum Gasteiger partial charge on any atom is -0.541 e. The van der Waals surface area contributed by atoms with E-state index in [0.29, 0.717) is 52.4 Å². The number of carboxylic acids is 3. The van der Waals surface area contributed by atoms with Crippen LogP contribution in [0.3, 0.4) is 0 Å². The van der Waals surface area contributed by atoms with Crippen molar-refractivity contribution in [2.24, 2.45) is 0 Å². The van der Waals surface area contributed by atoms with Gasteiger partial charge in [0.2, 0.25) is 0 Å². The molecule has 3 N–H and O–H groups in total. The van der Waals surface area contributed by atoms with Gasteiger partial charge in [0.05, 0.1) is 19.6 Å². The van der Waals surface area contributed by atoms with Gasteiger partial charge in [-0.2, -0.15) is 0 Å². The van der Waals surface area contributed by atoms with E-state index in [0.717, 1.165) is 0 Å². The van der Waals surface area contributed by atoms with Gasteiger partial charge in [-0.1, -0.05) is 6.54 Å². The van der Waals surface area contributed by atoms with Crippen LogP contribution < -0.4 is 0 Å². The first-order chi connectivity index (χ1) is 12.8. The molecule has 1 aliphatic heterocycles. The molecule has 1 fully saturated rings. The molecule has 28 heavy (non-hydrogen) atoms. The molecular formula is C16H27N4O7Y-. The number of aliphatic carboxylic acids is 3. The van der Waals surface area contributed by atoms with Gasteiger partial charge < -0.3 is 25.0 Å². The second-order valence-corrected chi connectivity index (χ2v) is 6.43. The number of rotatable bonds is 8. The van der Waals surface area contributed by atoms with E-state index in [-0.39, 0.29) is 58.9 Å². The zero-order valence-corrected chi connectivity index (χ0v) is 18.7. The average molecular weight is 476 g/mol. The van der Waals surface area contributed by atoms with Crippen LogP contribution in [0.4, 0.5) is 0 Å². The second kappa shape index (κ2) is 14.9. The van der Waals surface area contributed by atoms with Gasteiger partial charge >= 0.3 is 17.9 Å². The van der Waals surface area contributed by atoms with Gasteiger partial charge in [0.1, 0.15) is 0 Å². The molecule has 1 rings (SSSR count). The van der Waals surface area contributed by atoms with Crippen molar-refractivity contribution in [1.82, 2.24) is 19.6 Å². The third kappa shape index (κ3) is 12.5. The Bertz CT molecular complexity index is 491. The molecule has 157 valence electrons. The molecule has 12 heteroatoms. The number of nitrogens with zero attached hydrogens (tertiary/aromatic N) is 4. The van der Waals surface area contributed by atoms with Crippen molar-refractivity contribution >= 4 is 24.2 Å². The Kier molecular flexibility index (Phi) is 14.4. The van der Waals surface area contributed by atoms with Gasteiger partial charge in [-0.15, -0.1) is 0 Å². The first-order valence-electron chi connectivity index (χ1n) is 8.70. The van der Waals surface area contributed by atoms with Gasteiger partial charge in [0, 0.05) is 85.1 Å². The minimum absolute atomic E-state index is 0. The summed E-state index contributed by atoms with van der Waals surface area (Å²) in [6, 6.07) is 0. The quantitative estimate of drug-likeness (QED) is 0.322. The smallest absolute Gasteiger partial charge is 0.317 e. The Morgan fingerprint density at radius 2 is 0.857 bits per heavy atom. The van der Waals surface area contributed by atoms with Crippen LogP contribution in [0.1, 0.15) is 0 Å². The van der Waals surface area contributed by atoms with E-state index in [1.54, 1.807) is 19.6 Å². The van der Waals surface area contributed by atoms with E-state index in [4.69, 9.17) is 15.3 Å². The Morgan fingerprint density at radius 3 is 1.07 bits per heavy atom. The number of hydrogen-bond acceptors (Lipinski definition) is 8. The zero-order valence-electron chi connectivity index (χ0n) is 15.8. The molecule has 1 radical (unpaired) electrons. The third-order valence-electron chi connectivity index (χ3n) is 4.29. The summed E-state index contributed by atoms with van der Waals surface area (Å²) in [7, 11) is 0. The summed E-state index contributed by atoms with van der Waals surface area (Å²) in [5.74, 6) is -2.95. The summed E-state index contributed by atoms with van der Waals surface area (Å²) in [4.78, 5) is 50.8. The van der Waals surface area contributed by atoms with Gasteiger partial charge in [0.25, 0.3) is 0 Å². The van der Waals surface area contributed by atoms with Crippen molar-refractivity contribution < 1.29 is 67.2 Å². The van der Waals surface area contributed by atoms with Crippen LogP contribution in [-0.4, -0.2) is 138 Å². The Labute approximate surface area is 189 Å². The van der Waals surface area contributed by atoms with Crippen LogP contribution in [0.5, 0.6) is 0 Å². The van der Waals surface area contributed by atoms with Crippen LogP contribution >= 0.6 is 0 Å². The maximum Gasteiger partial charge on any atom is 0.317 e. The molecule has 0 aliphatic carbocycles. The molecule has 0 aromatic carbocycles. The minimum atomic E-state index is -0.996. The molecule has 11 nitrogen and oxygen atoms in total. The fourth-order valence-electron chi connectivity index (χ4n) is 2.88. The van der Waals surface area contributed by atoms with Crippen molar-refractivity contribution in [2.75, 3.05) is 78.5 Å². The van der Waals surface area contributed by atoms with Gasteiger partial charge in [-0.05, 0) is 0 Å². The summed E-state index contributed by atoms with van der Waals surface area (Å²) < 4.78 is 0. The first-order valence-corrected chi connectivity index (χ1v) is 8.70. The van der Waals surface area contributed by atoms with Crippen molar-refractivity contribution in [3.05, 3.63) is 0 Å². The maximum atomic E-state index is 11.1. The topological polar surface area (TPSA) is 142 Å². The van der Waals surface area contributed by atoms with Crippen molar-refractivity contribution in [1.29, 1.82) is 0 Å². The monoisotopic (exact) mass is 476 g/mol. The second-order valence-electron chi connectivity index (χ2n) is 6.43. The summed E-state index contributed by atoms with van der Waals surface area (Å²) >= 11 is 0. The number of carbonyl (C=O) groups is 3. The Hall–Kier alpha value is -0.976. The van der Waals surface area contributed by atoms with Crippen LogP contribution in [0.2, 0.25) is 0 Å². The summed E-state index contributed by atoms with van der Waals surface area (Å²) in [6.07, 6.45) is 1.82. The predicted octanol–water partition coefficient (Wildman–Crippen LogP) is -2.43. The normalized spacial score (nSPS) is 19.0. The molecule has 0 unspecified atom stereocenters. The van der Waals surface area contributed by atoms with E-state index in [1.165, 1.54) is 0 Å². The molecule has 0 aromatic rings. The fraction of sp³-hybridized carbons (Fsp3) is 0.750. The van der Waals surface area contributed by atoms with E-state index in [9.17, 15) is 19.2 Å². The van der Waals surface area contributed by atoms with E-state index >= 15 is 0 Å². The molecule has 0 amide bonds. The SMILES string of the molecule is O=[C-]CN1CCN(CC(=O)O)CCN(CC(=O)O)CCN(CC(=O)O)CC1.[Y]. The van der Waals surface area contributed by atoms with E-state index in [2.05, 4.69) is 0 Å². The van der Waals surface area contributed by atoms with Gasteiger partial charge in [-0.3, -0.25) is 29.1 Å². The molecule has 0 aromatic heterocycles. The largest absolute Gasteiger partial charge is 0.541 e. The number of hydrogen-bond donors (Lipinski definition) is 3. The molecule has 0 spiro atoms. The molecule has 1 saturated heterocycles. The fourth-order valence-corrected chi connectivity index (χ4v) is 2.88. The van der Waals surface area contributed by atoms with Crippen LogP contribution in [0, 0.1) is 0 Å². The predicted molar refractivity (Wildman–Crippen MR) is 94.4 cm³/mol. The number of carbonyl (C=O) groups excluding carboxylic acids is 1. The summed E-state index contributed by atoms with van der Waals surface area (Å²) in [5, 5.41) is 27.2. The van der Waals surface area contributed by atoms with Crippen LogP contribution in [0.15, 0.2) is 0 Å². The maximum absolute atomic E-state index is 11.1. The molecule has 1 aliphatic rings. The molecule has 0 bridgehead atoms. The van der Waals surface area contributed by atoms with Crippen molar-refractivity contribution in [3.8, 4) is 0 Å². The van der Waals surface area contributed by atoms with Crippen LogP contribution in [0.25, 0.3) is 0 Å². The number of carboxylic acid groups (broad SMARTS) is 3. The van der Waals surface area contributed by atoms with E-state index < -0.39 is 17.9 Å². The average Bonchev–Trinajstić information content (AvgIpc) is 2.56. The summed E-state index contributed by atoms with van der Waals surface area (Å²) in [6.45, 7) is 2.58. The van der Waals surface area contributed by atoms with E-state index in [1.807, 2.05) is 6.29 Å². The molecule has 0 atom stereocenters. The van der Waals surface area contributed by atoms with Crippen molar-refractivity contribution in [3.63, 3.8) is 0 Å². The Balaban J connectivity index is 0.00000729. The third-order valence-corrected chi connectivity index (χ3v) is 4.29. The zero-order chi connectivity index (χ0) is 20.2. The standard InChI is InChI=1S/C16H27N4O7.Y/c21-10-9-17-1-3-18(11-14(22)23)5-7-20(13-16(26)27)8-6-19(4-2-17)12-15(24)25;/h1-9,11-13H2,(H,22,23)(H,24,25)(H,26,27);/q-1;. The Morgan fingerprint density at radius 1 is 0.607 bits per heavy atom. The van der Waals surface area contributed by atoms with Gasteiger partial charge in [0.15, 0.2) is 0 Å². The molecule has 1 heterocycles. The van der Waals surface area contributed by atoms with Gasteiger partial charge in [-0.25, -0.2) is 6.29 Å². The molecule has 0 saturated carbocycles.